The number of aryl methyl sites for hydroxylation is 2. The lowest BCUT2D eigenvalue weighted by Gasteiger charge is -2.34. The van der Waals surface area contributed by atoms with E-state index in [9.17, 15) is 0 Å². The van der Waals surface area contributed by atoms with Crippen LogP contribution in [-0.2, 0) is 0 Å². The highest BCUT2D eigenvalue weighted by Gasteiger charge is 2.30. The summed E-state index contributed by atoms with van der Waals surface area (Å²) in [5.41, 5.74) is 10.4. The van der Waals surface area contributed by atoms with Gasteiger partial charge in [0, 0.05) is 27.5 Å². The van der Waals surface area contributed by atoms with Crippen LogP contribution in [0.4, 0.5) is 0 Å². The van der Waals surface area contributed by atoms with Crippen LogP contribution in [0.3, 0.4) is 0 Å². The van der Waals surface area contributed by atoms with Gasteiger partial charge in [-0.2, -0.15) is 23.5 Å². The minimum absolute atomic E-state index is 0.163. The van der Waals surface area contributed by atoms with E-state index in [1.807, 2.05) is 0 Å². The van der Waals surface area contributed by atoms with Gasteiger partial charge in [-0.1, -0.05) is 43.2 Å². The maximum absolute atomic E-state index is 6.48. The van der Waals surface area contributed by atoms with Crippen molar-refractivity contribution in [3.8, 4) is 0 Å². The lowest BCUT2D eigenvalue weighted by Crippen LogP contribution is -2.34. The summed E-state index contributed by atoms with van der Waals surface area (Å²) in [7, 11) is 0. The predicted octanol–water partition coefficient (Wildman–Crippen LogP) is 3.93. The fourth-order valence-electron chi connectivity index (χ4n) is 2.41. The Morgan fingerprint density at radius 2 is 1.72 bits per heavy atom. The van der Waals surface area contributed by atoms with Crippen molar-refractivity contribution in [2.75, 3.05) is 5.75 Å². The van der Waals surface area contributed by atoms with Crippen molar-refractivity contribution >= 4 is 23.5 Å². The second-order valence-electron chi connectivity index (χ2n) is 5.36. The smallest absolute Gasteiger partial charge is 0.0423 e. The zero-order chi connectivity index (χ0) is 13.3. The molecular weight excluding hydrogens is 258 g/mol. The zero-order valence-corrected chi connectivity index (χ0v) is 13.3. The number of thioether (sulfide) groups is 2. The van der Waals surface area contributed by atoms with E-state index in [4.69, 9.17) is 5.73 Å². The largest absolute Gasteiger partial charge is 0.323 e. The molecule has 3 heteroatoms. The third-order valence-electron chi connectivity index (χ3n) is 3.60. The summed E-state index contributed by atoms with van der Waals surface area (Å²) in [5.74, 6) is 1.17. The van der Waals surface area contributed by atoms with Gasteiger partial charge in [0.25, 0.3) is 0 Å². The van der Waals surface area contributed by atoms with Crippen molar-refractivity contribution < 1.29 is 0 Å². The lowest BCUT2D eigenvalue weighted by atomic mass is 10.00. The molecule has 1 aromatic rings. The van der Waals surface area contributed by atoms with Crippen molar-refractivity contribution in [1.82, 2.24) is 0 Å². The monoisotopic (exact) mass is 281 g/mol. The summed E-state index contributed by atoms with van der Waals surface area (Å²) in [4.78, 5) is 0. The average molecular weight is 281 g/mol. The van der Waals surface area contributed by atoms with Crippen molar-refractivity contribution in [2.45, 2.75) is 49.5 Å². The number of nitrogens with two attached hydrogens (primary N) is 1. The van der Waals surface area contributed by atoms with Crippen LogP contribution < -0.4 is 5.73 Å². The molecule has 0 saturated carbocycles. The van der Waals surface area contributed by atoms with Crippen LogP contribution in [0.25, 0.3) is 0 Å². The first-order valence-electron chi connectivity index (χ1n) is 6.58. The Kier molecular flexibility index (Phi) is 4.68. The molecule has 1 aliphatic heterocycles. The van der Waals surface area contributed by atoms with Gasteiger partial charge in [-0.25, -0.2) is 0 Å². The normalized spacial score (nSPS) is 30.2. The van der Waals surface area contributed by atoms with Crippen LogP contribution in [0.1, 0.15) is 36.6 Å². The van der Waals surface area contributed by atoms with Crippen LogP contribution in [0.5, 0.6) is 0 Å². The quantitative estimate of drug-likeness (QED) is 0.889. The molecule has 0 spiro atoms. The number of hydrogen-bond acceptors (Lipinski definition) is 3. The van der Waals surface area contributed by atoms with Gasteiger partial charge in [0.1, 0.15) is 0 Å². The highest BCUT2D eigenvalue weighted by atomic mass is 32.2. The minimum Gasteiger partial charge on any atom is -0.323 e. The second kappa shape index (κ2) is 5.89. The van der Waals surface area contributed by atoms with Gasteiger partial charge in [-0.05, 0) is 19.4 Å². The summed E-state index contributed by atoms with van der Waals surface area (Å²) in [6, 6.07) is 6.86. The molecule has 2 N–H and O–H groups in total. The van der Waals surface area contributed by atoms with Crippen LogP contribution in [0.15, 0.2) is 18.2 Å². The molecule has 0 radical (unpaired) electrons. The molecule has 0 amide bonds. The fourth-order valence-corrected chi connectivity index (χ4v) is 5.46. The van der Waals surface area contributed by atoms with E-state index in [0.29, 0.717) is 10.5 Å². The van der Waals surface area contributed by atoms with Crippen LogP contribution in [0, 0.1) is 13.8 Å². The SMILES string of the molecule is Cc1cc(C)cc(C(N)C2CSC(C)C(C)S2)c1. The summed E-state index contributed by atoms with van der Waals surface area (Å²) in [6.45, 7) is 8.94. The van der Waals surface area contributed by atoms with Gasteiger partial charge in [-0.3, -0.25) is 0 Å². The molecule has 18 heavy (non-hydrogen) atoms. The van der Waals surface area contributed by atoms with Crippen molar-refractivity contribution in [3.63, 3.8) is 0 Å². The number of benzene rings is 1. The van der Waals surface area contributed by atoms with E-state index >= 15 is 0 Å². The van der Waals surface area contributed by atoms with Crippen LogP contribution in [0.2, 0.25) is 0 Å². The Morgan fingerprint density at radius 3 is 2.28 bits per heavy atom. The Labute approximate surface area is 119 Å². The van der Waals surface area contributed by atoms with Crippen LogP contribution in [-0.4, -0.2) is 21.5 Å². The fraction of sp³-hybridized carbons (Fsp3) is 0.600. The molecule has 0 aromatic heterocycles. The standard InChI is InChI=1S/C15H23NS2/c1-9-5-10(2)7-13(6-9)15(16)14-8-17-11(3)12(4)18-14/h5-7,11-12,14-15H,8,16H2,1-4H3. The molecule has 4 atom stereocenters. The Morgan fingerprint density at radius 1 is 1.11 bits per heavy atom. The number of hydrogen-bond donors (Lipinski definition) is 1. The van der Waals surface area contributed by atoms with E-state index in [2.05, 4.69) is 69.4 Å². The summed E-state index contributed by atoms with van der Waals surface area (Å²) in [6.07, 6.45) is 0. The third kappa shape index (κ3) is 3.25. The maximum atomic E-state index is 6.48. The highest BCUT2D eigenvalue weighted by Crippen LogP contribution is 2.40. The van der Waals surface area contributed by atoms with E-state index in [-0.39, 0.29) is 6.04 Å². The second-order valence-corrected chi connectivity index (χ2v) is 8.40. The molecule has 0 aliphatic carbocycles. The molecule has 0 bridgehead atoms. The highest BCUT2D eigenvalue weighted by molar-refractivity contribution is 8.07. The van der Waals surface area contributed by atoms with Crippen molar-refractivity contribution in [3.05, 3.63) is 34.9 Å². The van der Waals surface area contributed by atoms with Gasteiger partial charge in [-0.15, -0.1) is 0 Å². The molecule has 2 rings (SSSR count). The summed E-state index contributed by atoms with van der Waals surface area (Å²) in [5, 5.41) is 1.99. The molecule has 4 unspecified atom stereocenters. The van der Waals surface area contributed by atoms with Gasteiger partial charge in [0.15, 0.2) is 0 Å². The molecule has 1 saturated heterocycles. The van der Waals surface area contributed by atoms with Crippen molar-refractivity contribution in [1.29, 1.82) is 0 Å². The van der Waals surface area contributed by atoms with Gasteiger partial charge < -0.3 is 5.73 Å². The van der Waals surface area contributed by atoms with Gasteiger partial charge >= 0.3 is 0 Å². The van der Waals surface area contributed by atoms with Crippen molar-refractivity contribution in [2.24, 2.45) is 5.73 Å². The van der Waals surface area contributed by atoms with Crippen LogP contribution >= 0.6 is 23.5 Å². The zero-order valence-electron chi connectivity index (χ0n) is 11.6. The third-order valence-corrected chi connectivity index (χ3v) is 7.12. The molecule has 100 valence electrons. The Hall–Kier alpha value is -0.120. The first-order valence-corrected chi connectivity index (χ1v) is 8.57. The molecule has 1 nitrogen and oxygen atoms in total. The minimum atomic E-state index is 0.163. The predicted molar refractivity (Wildman–Crippen MR) is 85.6 cm³/mol. The summed E-state index contributed by atoms with van der Waals surface area (Å²) >= 11 is 4.13. The molecule has 1 aliphatic rings. The molecular formula is C15H23NS2. The van der Waals surface area contributed by atoms with Gasteiger partial charge in [0.05, 0.1) is 0 Å². The lowest BCUT2D eigenvalue weighted by molar-refractivity contribution is 0.706. The van der Waals surface area contributed by atoms with E-state index in [1.165, 1.54) is 22.4 Å². The maximum Gasteiger partial charge on any atom is 0.0423 e. The number of rotatable bonds is 2. The topological polar surface area (TPSA) is 26.0 Å². The van der Waals surface area contributed by atoms with E-state index in [0.717, 1.165) is 5.25 Å². The van der Waals surface area contributed by atoms with E-state index < -0.39 is 0 Å². The molecule has 1 heterocycles. The Bertz CT molecular complexity index is 399. The van der Waals surface area contributed by atoms with Gasteiger partial charge in [0.2, 0.25) is 0 Å². The Balaban J connectivity index is 2.13. The summed E-state index contributed by atoms with van der Waals surface area (Å²) < 4.78 is 0. The van der Waals surface area contributed by atoms with E-state index in [1.54, 1.807) is 0 Å². The molecule has 1 aromatic carbocycles. The first-order chi connectivity index (χ1) is 8.47. The average Bonchev–Trinajstić information content (AvgIpc) is 2.30. The molecule has 1 fully saturated rings. The first kappa shape index (κ1) is 14.3.